The Morgan fingerprint density at radius 1 is 0.258 bits per heavy atom. The van der Waals surface area contributed by atoms with Gasteiger partial charge in [-0.2, -0.15) is 0 Å². The third kappa shape index (κ3) is 6.71. The molecule has 0 aliphatic carbocycles. The predicted octanol–water partition coefficient (Wildman–Crippen LogP) is 17.3. The monoisotopic (exact) mass is 789 g/mol. The number of hydrogen-bond acceptors (Lipinski definition) is 1. The molecule has 0 radical (unpaired) electrons. The van der Waals surface area contributed by atoms with E-state index in [-0.39, 0.29) is 0 Å². The van der Waals surface area contributed by atoms with Crippen molar-refractivity contribution in [1.82, 2.24) is 0 Å². The van der Waals surface area contributed by atoms with Crippen LogP contribution in [0, 0.1) is 6.92 Å². The smallest absolute Gasteiger partial charge is 0.0468 e. The van der Waals surface area contributed by atoms with Crippen molar-refractivity contribution in [3.8, 4) is 55.6 Å². The molecule has 0 saturated carbocycles. The van der Waals surface area contributed by atoms with Gasteiger partial charge in [0, 0.05) is 17.1 Å². The summed E-state index contributed by atoms with van der Waals surface area (Å²) in [5.74, 6) is 0. The number of anilines is 3. The van der Waals surface area contributed by atoms with Crippen LogP contribution in [0.25, 0.3) is 88.0 Å². The van der Waals surface area contributed by atoms with E-state index in [2.05, 4.69) is 254 Å². The number of rotatable bonds is 8. The molecule has 11 rings (SSSR count). The highest BCUT2D eigenvalue weighted by Gasteiger charge is 2.23. The molecule has 0 aromatic heterocycles. The quantitative estimate of drug-likeness (QED) is 0.139. The van der Waals surface area contributed by atoms with E-state index in [0.29, 0.717) is 0 Å². The number of hydrogen-bond donors (Lipinski definition) is 0. The van der Waals surface area contributed by atoms with E-state index in [0.717, 1.165) is 17.1 Å². The fourth-order valence-corrected chi connectivity index (χ4v) is 9.31. The van der Waals surface area contributed by atoms with Crippen molar-refractivity contribution in [3.05, 3.63) is 248 Å². The zero-order chi connectivity index (χ0) is 41.4. The van der Waals surface area contributed by atoms with E-state index < -0.39 is 0 Å². The fourth-order valence-electron chi connectivity index (χ4n) is 9.31. The third-order valence-electron chi connectivity index (χ3n) is 12.3. The van der Waals surface area contributed by atoms with E-state index in [9.17, 15) is 0 Å². The van der Waals surface area contributed by atoms with E-state index in [1.807, 2.05) is 0 Å². The number of fused-ring (bicyclic) bond motifs is 6. The topological polar surface area (TPSA) is 3.24 Å². The van der Waals surface area contributed by atoms with Crippen molar-refractivity contribution < 1.29 is 0 Å². The SMILES string of the molecule is Cc1ccc(-c2cc(-c3ccccc3)c3c4ccccc4c4cc(N(c5ccc(-c6ccccc6)cc5)c5ccc(-c6ccccc6)cc5)ccc4c3c2-c2ccccc2)cc1. The Morgan fingerprint density at radius 2 is 0.661 bits per heavy atom. The zero-order valence-electron chi connectivity index (χ0n) is 34.5. The van der Waals surface area contributed by atoms with Crippen molar-refractivity contribution in [3.63, 3.8) is 0 Å². The standard InChI is InChI=1S/C61H43N/c1-42-26-28-48(29-27-42)56-41-57(47-20-10-4-11-21-47)60-54-25-15-14-24-53(54)58-40-52(38-39-55(58)61(60)59(56)49-22-12-5-13-23-49)62(50-34-30-45(31-35-50)43-16-6-2-7-17-43)51-36-32-46(33-37-51)44-18-8-3-9-19-44/h2-41H,1H3. The van der Waals surface area contributed by atoms with Crippen molar-refractivity contribution in [2.24, 2.45) is 0 Å². The number of benzene rings is 11. The minimum atomic E-state index is 1.10. The molecule has 11 aromatic carbocycles. The zero-order valence-corrected chi connectivity index (χ0v) is 34.5. The highest BCUT2D eigenvalue weighted by atomic mass is 15.1. The lowest BCUT2D eigenvalue weighted by Crippen LogP contribution is -2.10. The summed E-state index contributed by atoms with van der Waals surface area (Å²) in [5, 5.41) is 7.45. The average molecular weight is 790 g/mol. The Bertz CT molecular complexity index is 3260. The summed E-state index contributed by atoms with van der Waals surface area (Å²) in [6.07, 6.45) is 0. The van der Waals surface area contributed by atoms with Crippen molar-refractivity contribution in [2.45, 2.75) is 6.92 Å². The summed E-state index contributed by atoms with van der Waals surface area (Å²) >= 11 is 0. The minimum absolute atomic E-state index is 1.10. The van der Waals surface area contributed by atoms with Crippen LogP contribution in [-0.4, -0.2) is 0 Å². The van der Waals surface area contributed by atoms with Gasteiger partial charge >= 0.3 is 0 Å². The van der Waals surface area contributed by atoms with Crippen molar-refractivity contribution in [1.29, 1.82) is 0 Å². The Labute approximate surface area is 363 Å². The molecule has 0 N–H and O–H groups in total. The largest absolute Gasteiger partial charge is 0.310 e. The summed E-state index contributed by atoms with van der Waals surface area (Å²) in [4.78, 5) is 2.40. The van der Waals surface area contributed by atoms with Crippen LogP contribution in [0.1, 0.15) is 5.56 Å². The van der Waals surface area contributed by atoms with Crippen LogP contribution in [0.4, 0.5) is 17.1 Å². The molecule has 0 aliphatic rings. The molecule has 0 bridgehead atoms. The second-order valence-corrected chi connectivity index (χ2v) is 16.1. The molecule has 1 nitrogen and oxygen atoms in total. The van der Waals surface area contributed by atoms with Crippen LogP contribution < -0.4 is 4.90 Å². The van der Waals surface area contributed by atoms with Gasteiger partial charge in [-0.05, 0) is 137 Å². The second-order valence-electron chi connectivity index (χ2n) is 16.1. The molecule has 0 aliphatic heterocycles. The summed E-state index contributed by atoms with van der Waals surface area (Å²) in [6.45, 7) is 2.16. The lowest BCUT2D eigenvalue weighted by Gasteiger charge is -2.27. The molecule has 62 heavy (non-hydrogen) atoms. The summed E-state index contributed by atoms with van der Waals surface area (Å²) in [6, 6.07) is 88.7. The van der Waals surface area contributed by atoms with Gasteiger partial charge in [-0.1, -0.05) is 206 Å². The first-order chi connectivity index (χ1) is 30.7. The molecule has 0 heterocycles. The third-order valence-corrected chi connectivity index (χ3v) is 12.3. The van der Waals surface area contributed by atoms with Crippen LogP contribution >= 0.6 is 0 Å². The number of nitrogens with zero attached hydrogens (tertiary/aromatic N) is 1. The maximum Gasteiger partial charge on any atom is 0.0468 e. The highest BCUT2D eigenvalue weighted by molar-refractivity contribution is 6.33. The lowest BCUT2D eigenvalue weighted by atomic mass is 9.81. The Hall–Kier alpha value is -8.00. The maximum absolute atomic E-state index is 2.44. The van der Waals surface area contributed by atoms with Crippen LogP contribution in [0.5, 0.6) is 0 Å². The van der Waals surface area contributed by atoms with Crippen LogP contribution in [0.2, 0.25) is 0 Å². The van der Waals surface area contributed by atoms with Gasteiger partial charge in [-0.15, -0.1) is 0 Å². The first kappa shape index (κ1) is 37.0. The van der Waals surface area contributed by atoms with E-state index in [1.54, 1.807) is 0 Å². The van der Waals surface area contributed by atoms with Gasteiger partial charge in [-0.25, -0.2) is 0 Å². The van der Waals surface area contributed by atoms with Crippen molar-refractivity contribution >= 4 is 49.4 Å². The molecule has 292 valence electrons. The molecule has 0 unspecified atom stereocenters. The Kier molecular flexibility index (Phi) is 9.48. The van der Waals surface area contributed by atoms with Crippen molar-refractivity contribution in [2.75, 3.05) is 4.90 Å². The van der Waals surface area contributed by atoms with Crippen LogP contribution in [0.3, 0.4) is 0 Å². The number of aryl methyl sites for hydroxylation is 1. The van der Waals surface area contributed by atoms with Gasteiger partial charge in [0.1, 0.15) is 0 Å². The molecule has 0 amide bonds. The first-order valence-corrected chi connectivity index (χ1v) is 21.4. The summed E-state index contributed by atoms with van der Waals surface area (Å²) < 4.78 is 0. The molecular formula is C61H43N. The van der Waals surface area contributed by atoms with Gasteiger partial charge in [0.2, 0.25) is 0 Å². The van der Waals surface area contributed by atoms with E-state index in [1.165, 1.54) is 93.5 Å². The van der Waals surface area contributed by atoms with Gasteiger partial charge in [0.05, 0.1) is 0 Å². The Morgan fingerprint density at radius 3 is 1.21 bits per heavy atom. The fraction of sp³-hybridized carbons (Fsp3) is 0.0164. The normalized spacial score (nSPS) is 11.3. The van der Waals surface area contributed by atoms with E-state index in [4.69, 9.17) is 0 Å². The Balaban J connectivity index is 1.20. The minimum Gasteiger partial charge on any atom is -0.310 e. The summed E-state index contributed by atoms with van der Waals surface area (Å²) in [7, 11) is 0. The second kappa shape index (κ2) is 15.9. The molecule has 0 fully saturated rings. The first-order valence-electron chi connectivity index (χ1n) is 21.4. The molecule has 11 aromatic rings. The highest BCUT2D eigenvalue weighted by Crippen LogP contribution is 2.50. The van der Waals surface area contributed by atoms with Gasteiger partial charge in [-0.3, -0.25) is 0 Å². The van der Waals surface area contributed by atoms with Gasteiger partial charge < -0.3 is 4.90 Å². The lowest BCUT2D eigenvalue weighted by molar-refractivity contribution is 1.29. The molecule has 0 spiro atoms. The predicted molar refractivity (Wildman–Crippen MR) is 266 cm³/mol. The average Bonchev–Trinajstić information content (AvgIpc) is 3.35. The summed E-state index contributed by atoms with van der Waals surface area (Å²) in [5.41, 5.74) is 16.6. The van der Waals surface area contributed by atoms with Crippen LogP contribution in [-0.2, 0) is 0 Å². The maximum atomic E-state index is 2.44. The van der Waals surface area contributed by atoms with Gasteiger partial charge in [0.15, 0.2) is 0 Å². The van der Waals surface area contributed by atoms with Gasteiger partial charge in [0.25, 0.3) is 0 Å². The molecule has 0 saturated heterocycles. The molecule has 0 atom stereocenters. The molecule has 1 heteroatoms. The van der Waals surface area contributed by atoms with E-state index >= 15 is 0 Å². The van der Waals surface area contributed by atoms with Crippen LogP contribution in [0.15, 0.2) is 243 Å². The molecular weight excluding hydrogens is 747 g/mol.